The molecule has 0 bridgehead atoms. The molecule has 0 saturated carbocycles. The smallest absolute Gasteiger partial charge is 0.323 e. The number of nitrogens with zero attached hydrogens (tertiary/aromatic N) is 2. The number of aliphatic carboxylic acids is 1. The van der Waals surface area contributed by atoms with Crippen LogP contribution in [0.4, 0.5) is 9.93 Å². The zero-order valence-corrected chi connectivity index (χ0v) is 11.4. The molecule has 7 heteroatoms. The van der Waals surface area contributed by atoms with Crippen LogP contribution in [-0.4, -0.2) is 39.6 Å². The van der Waals surface area contributed by atoms with Crippen molar-refractivity contribution in [3.63, 3.8) is 0 Å². The summed E-state index contributed by atoms with van der Waals surface area (Å²) >= 11 is 1.37. The molecule has 1 aromatic rings. The van der Waals surface area contributed by atoms with Crippen molar-refractivity contribution in [2.45, 2.75) is 38.1 Å². The molecular formula is C12H17N3O3S. The van der Waals surface area contributed by atoms with Gasteiger partial charge < -0.3 is 10.0 Å². The summed E-state index contributed by atoms with van der Waals surface area (Å²) in [6.45, 7) is 0.682. The topological polar surface area (TPSA) is 82.5 Å². The quantitative estimate of drug-likeness (QED) is 0.888. The maximum Gasteiger partial charge on any atom is 0.323 e. The number of rotatable bonds is 4. The lowest BCUT2D eigenvalue weighted by atomic mass is 9.98. The number of nitrogens with one attached hydrogen (secondary N) is 1. The van der Waals surface area contributed by atoms with E-state index in [9.17, 15) is 9.59 Å². The van der Waals surface area contributed by atoms with E-state index in [1.165, 1.54) is 11.3 Å². The molecule has 1 saturated heterocycles. The predicted octanol–water partition coefficient (Wildman–Crippen LogP) is 2.39. The highest BCUT2D eigenvalue weighted by Gasteiger charge is 2.27. The number of piperidine rings is 1. The van der Waals surface area contributed by atoms with Crippen molar-refractivity contribution in [3.05, 3.63) is 11.6 Å². The Morgan fingerprint density at radius 2 is 2.37 bits per heavy atom. The van der Waals surface area contributed by atoms with Crippen LogP contribution in [0.5, 0.6) is 0 Å². The highest BCUT2D eigenvalue weighted by atomic mass is 32.1. The van der Waals surface area contributed by atoms with Gasteiger partial charge in [-0.25, -0.2) is 9.78 Å². The summed E-state index contributed by atoms with van der Waals surface area (Å²) in [5, 5.41) is 13.9. The first-order valence-corrected chi connectivity index (χ1v) is 7.23. The van der Waals surface area contributed by atoms with Crippen molar-refractivity contribution >= 4 is 28.5 Å². The lowest BCUT2D eigenvalue weighted by Crippen LogP contribution is -2.46. The average molecular weight is 283 g/mol. The number of urea groups is 1. The molecule has 0 spiro atoms. The predicted molar refractivity (Wildman–Crippen MR) is 72.3 cm³/mol. The third kappa shape index (κ3) is 3.92. The van der Waals surface area contributed by atoms with Crippen LogP contribution in [0, 0.1) is 0 Å². The highest BCUT2D eigenvalue weighted by Crippen LogP contribution is 2.22. The van der Waals surface area contributed by atoms with Gasteiger partial charge in [-0.2, -0.15) is 0 Å². The Morgan fingerprint density at radius 1 is 1.53 bits per heavy atom. The molecule has 0 radical (unpaired) electrons. The van der Waals surface area contributed by atoms with Crippen molar-refractivity contribution in [1.82, 2.24) is 9.88 Å². The van der Waals surface area contributed by atoms with Gasteiger partial charge in [0, 0.05) is 30.6 Å². The number of carbonyl (C=O) groups excluding carboxylic acids is 1. The minimum absolute atomic E-state index is 0.0183. The van der Waals surface area contributed by atoms with Crippen LogP contribution in [-0.2, 0) is 4.79 Å². The maximum absolute atomic E-state index is 12.2. The number of hydrogen-bond donors (Lipinski definition) is 2. The molecular weight excluding hydrogens is 266 g/mol. The summed E-state index contributed by atoms with van der Waals surface area (Å²) in [5.41, 5.74) is 0. The lowest BCUT2D eigenvalue weighted by Gasteiger charge is -2.35. The third-order valence-electron chi connectivity index (χ3n) is 3.23. The molecule has 1 unspecified atom stereocenters. The van der Waals surface area contributed by atoms with Crippen molar-refractivity contribution in [3.8, 4) is 0 Å². The summed E-state index contributed by atoms with van der Waals surface area (Å²) in [5.74, 6) is -0.814. The molecule has 1 aliphatic rings. The largest absolute Gasteiger partial charge is 0.481 e. The number of hydrogen-bond acceptors (Lipinski definition) is 4. The number of thiazole rings is 1. The summed E-state index contributed by atoms with van der Waals surface area (Å²) in [6.07, 6.45) is 5.14. The van der Waals surface area contributed by atoms with E-state index in [2.05, 4.69) is 10.3 Å². The Labute approximate surface area is 115 Å². The van der Waals surface area contributed by atoms with E-state index in [0.717, 1.165) is 19.3 Å². The molecule has 1 aliphatic heterocycles. The summed E-state index contributed by atoms with van der Waals surface area (Å²) in [6, 6.07) is -0.158. The van der Waals surface area contributed by atoms with Crippen LogP contribution >= 0.6 is 11.3 Å². The van der Waals surface area contributed by atoms with Crippen LogP contribution in [0.2, 0.25) is 0 Å². The van der Waals surface area contributed by atoms with Gasteiger partial charge in [0.05, 0.1) is 0 Å². The van der Waals surface area contributed by atoms with Gasteiger partial charge in [0.2, 0.25) is 0 Å². The lowest BCUT2D eigenvalue weighted by molar-refractivity contribution is -0.137. The highest BCUT2D eigenvalue weighted by molar-refractivity contribution is 7.13. The molecule has 2 heterocycles. The number of likely N-dealkylation sites (tertiary alicyclic amines) is 1. The van der Waals surface area contributed by atoms with Crippen LogP contribution in [0.15, 0.2) is 11.6 Å². The van der Waals surface area contributed by atoms with E-state index in [0.29, 0.717) is 18.1 Å². The normalized spacial score (nSPS) is 19.2. The third-order valence-corrected chi connectivity index (χ3v) is 3.91. The maximum atomic E-state index is 12.2. The van der Waals surface area contributed by atoms with Gasteiger partial charge in [-0.15, -0.1) is 11.3 Å². The molecule has 1 aromatic heterocycles. The van der Waals surface area contributed by atoms with Crippen molar-refractivity contribution in [2.75, 3.05) is 11.9 Å². The van der Waals surface area contributed by atoms with Gasteiger partial charge in [-0.05, 0) is 25.7 Å². The van der Waals surface area contributed by atoms with E-state index in [1.807, 2.05) is 0 Å². The molecule has 104 valence electrons. The fraction of sp³-hybridized carbons (Fsp3) is 0.583. The first kappa shape index (κ1) is 13.8. The van der Waals surface area contributed by atoms with Gasteiger partial charge in [0.25, 0.3) is 0 Å². The van der Waals surface area contributed by atoms with Crippen molar-refractivity contribution in [2.24, 2.45) is 0 Å². The van der Waals surface area contributed by atoms with E-state index < -0.39 is 5.97 Å². The van der Waals surface area contributed by atoms with E-state index in [1.54, 1.807) is 16.5 Å². The Bertz CT molecular complexity index is 435. The van der Waals surface area contributed by atoms with Gasteiger partial charge in [0.15, 0.2) is 5.13 Å². The van der Waals surface area contributed by atoms with Gasteiger partial charge in [0.1, 0.15) is 0 Å². The van der Waals surface area contributed by atoms with Crippen molar-refractivity contribution in [1.29, 1.82) is 0 Å². The first-order valence-electron chi connectivity index (χ1n) is 6.35. The van der Waals surface area contributed by atoms with Crippen LogP contribution in [0.25, 0.3) is 0 Å². The molecule has 2 N–H and O–H groups in total. The summed E-state index contributed by atoms with van der Waals surface area (Å²) in [4.78, 5) is 28.6. The van der Waals surface area contributed by atoms with Gasteiger partial charge in [-0.1, -0.05) is 0 Å². The SMILES string of the molecule is O=C(O)CCC1CCCCN1C(=O)Nc1nccs1. The molecule has 1 fully saturated rings. The standard InChI is InChI=1S/C12H17N3O3S/c16-10(17)5-4-9-3-1-2-7-15(9)12(18)14-11-13-6-8-19-11/h6,8-9H,1-5,7H2,(H,16,17)(H,13,14,18). The number of carbonyl (C=O) groups is 2. The van der Waals surface area contributed by atoms with E-state index >= 15 is 0 Å². The fourth-order valence-corrected chi connectivity index (χ4v) is 2.83. The second-order valence-electron chi connectivity index (χ2n) is 4.54. The zero-order chi connectivity index (χ0) is 13.7. The second kappa shape index (κ2) is 6.51. The number of carboxylic acid groups (broad SMARTS) is 1. The van der Waals surface area contributed by atoms with Gasteiger partial charge in [-0.3, -0.25) is 10.1 Å². The van der Waals surface area contributed by atoms with Crippen LogP contribution in [0.3, 0.4) is 0 Å². The second-order valence-corrected chi connectivity index (χ2v) is 5.44. The number of carboxylic acids is 1. The van der Waals surface area contributed by atoms with E-state index in [4.69, 9.17) is 5.11 Å². The summed E-state index contributed by atoms with van der Waals surface area (Å²) < 4.78 is 0. The Kier molecular flexibility index (Phi) is 4.73. The minimum atomic E-state index is -0.814. The fourth-order valence-electron chi connectivity index (χ4n) is 2.31. The molecule has 19 heavy (non-hydrogen) atoms. The molecule has 0 aliphatic carbocycles. The molecule has 2 amide bonds. The van der Waals surface area contributed by atoms with Crippen LogP contribution in [0.1, 0.15) is 32.1 Å². The van der Waals surface area contributed by atoms with E-state index in [-0.39, 0.29) is 18.5 Å². The molecule has 2 rings (SSSR count). The summed E-state index contributed by atoms with van der Waals surface area (Å²) in [7, 11) is 0. The Hall–Kier alpha value is -1.63. The zero-order valence-electron chi connectivity index (χ0n) is 10.5. The number of amides is 2. The monoisotopic (exact) mass is 283 g/mol. The molecule has 0 aromatic carbocycles. The van der Waals surface area contributed by atoms with Gasteiger partial charge >= 0.3 is 12.0 Å². The number of anilines is 1. The average Bonchev–Trinajstić information content (AvgIpc) is 2.89. The number of aromatic nitrogens is 1. The Balaban J connectivity index is 1.94. The first-order chi connectivity index (χ1) is 9.16. The van der Waals surface area contributed by atoms with Crippen molar-refractivity contribution < 1.29 is 14.7 Å². The molecule has 6 nitrogen and oxygen atoms in total. The molecule has 1 atom stereocenters. The van der Waals surface area contributed by atoms with Crippen LogP contribution < -0.4 is 5.32 Å². The minimum Gasteiger partial charge on any atom is -0.481 e. The Morgan fingerprint density at radius 3 is 3.05 bits per heavy atom.